The van der Waals surface area contributed by atoms with Crippen molar-refractivity contribution in [3.63, 3.8) is 0 Å². The zero-order valence-electron chi connectivity index (χ0n) is 17.9. The number of hydrogen-bond donors (Lipinski definition) is 3. The van der Waals surface area contributed by atoms with Gasteiger partial charge in [-0.05, 0) is 62.2 Å². The minimum absolute atomic E-state index is 0. The highest BCUT2D eigenvalue weighted by molar-refractivity contribution is 5.93. The number of halogens is 1. The molecule has 0 unspecified atom stereocenters. The normalized spacial score (nSPS) is 11.3. The van der Waals surface area contributed by atoms with Crippen LogP contribution in [-0.2, 0) is 0 Å². The summed E-state index contributed by atoms with van der Waals surface area (Å²) in [5, 5.41) is 5.80. The van der Waals surface area contributed by atoms with Gasteiger partial charge in [0, 0.05) is 29.0 Å². The van der Waals surface area contributed by atoms with Crippen LogP contribution < -0.4 is 11.1 Å². The molecule has 0 aliphatic rings. The fourth-order valence-electron chi connectivity index (χ4n) is 3.70. The topological polar surface area (TPSA) is 79.6 Å². The first-order chi connectivity index (χ1) is 14.7. The van der Waals surface area contributed by atoms with E-state index in [1.807, 2.05) is 18.3 Å². The van der Waals surface area contributed by atoms with Gasteiger partial charge >= 0.3 is 0 Å². The van der Waals surface area contributed by atoms with E-state index >= 15 is 0 Å². The van der Waals surface area contributed by atoms with Crippen LogP contribution >= 0.6 is 12.4 Å². The minimum atomic E-state index is 0. The van der Waals surface area contributed by atoms with E-state index in [4.69, 9.17) is 15.7 Å². The van der Waals surface area contributed by atoms with Crippen LogP contribution in [0.5, 0.6) is 0 Å². The van der Waals surface area contributed by atoms with E-state index in [1.165, 1.54) is 23.8 Å². The maximum atomic E-state index is 5.58. The fourth-order valence-corrected chi connectivity index (χ4v) is 3.70. The minimum Gasteiger partial charge on any atom is -0.369 e. The number of nitrogens with zero attached hydrogens (tertiary/aromatic N) is 2. The van der Waals surface area contributed by atoms with Crippen molar-refractivity contribution in [1.29, 1.82) is 0 Å². The molecule has 4 N–H and O–H groups in total. The molecule has 4 rings (SSSR count). The summed E-state index contributed by atoms with van der Waals surface area (Å²) in [5.41, 5.74) is 10.0. The van der Waals surface area contributed by atoms with E-state index in [0.29, 0.717) is 5.82 Å². The molecule has 0 bridgehead atoms. The second kappa shape index (κ2) is 10.9. The number of aryl methyl sites for hydroxylation is 1. The lowest BCUT2D eigenvalue weighted by Crippen LogP contribution is -2.06. The van der Waals surface area contributed by atoms with E-state index in [1.54, 1.807) is 0 Å². The van der Waals surface area contributed by atoms with Crippen molar-refractivity contribution in [2.45, 2.75) is 32.6 Å². The quantitative estimate of drug-likeness (QED) is 0.284. The Balaban J connectivity index is 0.00000272. The summed E-state index contributed by atoms with van der Waals surface area (Å²) in [7, 11) is 0. The summed E-state index contributed by atoms with van der Waals surface area (Å²) in [6, 6.07) is 14.6. The van der Waals surface area contributed by atoms with Crippen molar-refractivity contribution in [2.75, 3.05) is 18.4 Å². The number of fused-ring (bicyclic) bond motifs is 2. The SMILES string of the molecule is Cc1ccc2nc(/C=C/c3c[nH]c4ccccc34)nc(NCCCCCCN)c2c1.Cl. The molecule has 2 aromatic carbocycles. The highest BCUT2D eigenvalue weighted by Gasteiger charge is 2.07. The molecule has 0 spiro atoms. The van der Waals surface area contributed by atoms with E-state index in [-0.39, 0.29) is 12.4 Å². The van der Waals surface area contributed by atoms with Crippen molar-refractivity contribution in [3.05, 3.63) is 65.6 Å². The standard InChI is InChI=1S/C25H29N5.ClH/c1-18-10-12-23-21(16-18)25(27-15-7-3-2-6-14-26)30-24(29-23)13-11-19-17-28-22-9-5-4-8-20(19)22;/h4-5,8-13,16-17,28H,2-3,6-7,14-15,26H2,1H3,(H,27,29,30);1H/b13-11+;. The monoisotopic (exact) mass is 435 g/mol. The molecular weight excluding hydrogens is 406 g/mol. The molecule has 2 aromatic heterocycles. The Labute approximate surface area is 189 Å². The Morgan fingerprint density at radius 3 is 2.68 bits per heavy atom. The van der Waals surface area contributed by atoms with Gasteiger partial charge in [-0.25, -0.2) is 9.97 Å². The molecule has 4 aromatic rings. The number of benzene rings is 2. The van der Waals surface area contributed by atoms with Gasteiger partial charge in [-0.1, -0.05) is 42.7 Å². The lowest BCUT2D eigenvalue weighted by molar-refractivity contribution is 0.661. The molecular formula is C25H30ClN5. The number of H-pyrrole nitrogens is 1. The summed E-state index contributed by atoms with van der Waals surface area (Å²) in [6.07, 6.45) is 10.6. The number of nitrogens with one attached hydrogen (secondary N) is 2. The average Bonchev–Trinajstić information content (AvgIpc) is 3.18. The third-order valence-corrected chi connectivity index (χ3v) is 5.33. The number of aromatic amines is 1. The Morgan fingerprint density at radius 1 is 0.968 bits per heavy atom. The molecule has 0 saturated heterocycles. The van der Waals surface area contributed by atoms with Crippen LogP contribution in [0.1, 0.15) is 42.6 Å². The summed E-state index contributed by atoms with van der Waals surface area (Å²) in [6.45, 7) is 3.77. The molecule has 0 saturated carbocycles. The molecule has 0 amide bonds. The predicted molar refractivity (Wildman–Crippen MR) is 135 cm³/mol. The van der Waals surface area contributed by atoms with Gasteiger partial charge in [-0.3, -0.25) is 0 Å². The Morgan fingerprint density at radius 2 is 1.81 bits per heavy atom. The lowest BCUT2D eigenvalue weighted by Gasteiger charge is -2.10. The number of para-hydroxylation sites is 1. The third-order valence-electron chi connectivity index (χ3n) is 5.33. The van der Waals surface area contributed by atoms with E-state index in [0.717, 1.165) is 53.7 Å². The van der Waals surface area contributed by atoms with Gasteiger partial charge in [0.05, 0.1) is 5.52 Å². The Bertz CT molecular complexity index is 1170. The van der Waals surface area contributed by atoms with Gasteiger partial charge in [0.25, 0.3) is 0 Å². The van der Waals surface area contributed by atoms with E-state index < -0.39 is 0 Å². The second-order valence-electron chi connectivity index (χ2n) is 7.70. The maximum absolute atomic E-state index is 5.58. The van der Waals surface area contributed by atoms with Gasteiger partial charge in [0.1, 0.15) is 5.82 Å². The number of anilines is 1. The highest BCUT2D eigenvalue weighted by atomic mass is 35.5. The van der Waals surface area contributed by atoms with Crippen molar-refractivity contribution in [2.24, 2.45) is 5.73 Å². The number of hydrogen-bond acceptors (Lipinski definition) is 4. The summed E-state index contributed by atoms with van der Waals surface area (Å²) in [5.74, 6) is 1.61. The van der Waals surface area contributed by atoms with E-state index in [9.17, 15) is 0 Å². The number of unbranched alkanes of at least 4 members (excludes halogenated alkanes) is 3. The van der Waals surface area contributed by atoms with Crippen LogP contribution in [0.25, 0.3) is 34.0 Å². The molecule has 0 radical (unpaired) electrons. The van der Waals surface area contributed by atoms with Crippen LogP contribution in [0, 0.1) is 6.92 Å². The van der Waals surface area contributed by atoms with Crippen molar-refractivity contribution in [3.8, 4) is 0 Å². The van der Waals surface area contributed by atoms with Crippen LogP contribution in [0.2, 0.25) is 0 Å². The lowest BCUT2D eigenvalue weighted by atomic mass is 10.1. The molecule has 162 valence electrons. The van der Waals surface area contributed by atoms with Crippen LogP contribution in [0.15, 0.2) is 48.7 Å². The first kappa shape index (κ1) is 22.8. The second-order valence-corrected chi connectivity index (χ2v) is 7.70. The van der Waals surface area contributed by atoms with Gasteiger partial charge < -0.3 is 16.0 Å². The molecule has 0 aliphatic carbocycles. The number of aromatic nitrogens is 3. The van der Waals surface area contributed by atoms with Gasteiger partial charge in [0.15, 0.2) is 5.82 Å². The highest BCUT2D eigenvalue weighted by Crippen LogP contribution is 2.24. The maximum Gasteiger partial charge on any atom is 0.154 e. The van der Waals surface area contributed by atoms with Crippen LogP contribution in [0.3, 0.4) is 0 Å². The third kappa shape index (κ3) is 5.63. The fraction of sp³-hybridized carbons (Fsp3) is 0.280. The molecule has 0 fully saturated rings. The zero-order valence-corrected chi connectivity index (χ0v) is 18.7. The summed E-state index contributed by atoms with van der Waals surface area (Å²) < 4.78 is 0. The molecule has 6 heteroatoms. The smallest absolute Gasteiger partial charge is 0.154 e. The van der Waals surface area contributed by atoms with Gasteiger partial charge in [-0.15, -0.1) is 12.4 Å². The molecule has 0 atom stereocenters. The molecule has 0 aliphatic heterocycles. The number of nitrogens with two attached hydrogens (primary N) is 1. The average molecular weight is 436 g/mol. The molecule has 31 heavy (non-hydrogen) atoms. The van der Waals surface area contributed by atoms with E-state index in [2.05, 4.69) is 59.7 Å². The molecule has 5 nitrogen and oxygen atoms in total. The van der Waals surface area contributed by atoms with Crippen molar-refractivity contribution in [1.82, 2.24) is 15.0 Å². The predicted octanol–water partition coefficient (Wildman–Crippen LogP) is 5.94. The van der Waals surface area contributed by atoms with Crippen LogP contribution in [-0.4, -0.2) is 28.0 Å². The van der Waals surface area contributed by atoms with Gasteiger partial charge in [0.2, 0.25) is 0 Å². The van der Waals surface area contributed by atoms with Gasteiger partial charge in [-0.2, -0.15) is 0 Å². The number of rotatable bonds is 9. The van der Waals surface area contributed by atoms with Crippen molar-refractivity contribution >= 4 is 52.2 Å². The summed E-state index contributed by atoms with van der Waals surface area (Å²) in [4.78, 5) is 12.9. The van der Waals surface area contributed by atoms with Crippen molar-refractivity contribution < 1.29 is 0 Å². The largest absolute Gasteiger partial charge is 0.369 e. The van der Waals surface area contributed by atoms with Crippen LogP contribution in [0.4, 0.5) is 5.82 Å². The first-order valence-corrected chi connectivity index (χ1v) is 10.7. The Kier molecular flexibility index (Phi) is 8.04. The molecule has 2 heterocycles. The zero-order chi connectivity index (χ0) is 20.8. The first-order valence-electron chi connectivity index (χ1n) is 10.7. The summed E-state index contributed by atoms with van der Waals surface area (Å²) >= 11 is 0. The Hall–Kier alpha value is -2.89.